The highest BCUT2D eigenvalue weighted by Gasteiger charge is 2.48. The number of carbonyl (C=O) groups excluding carboxylic acids is 1. The third-order valence-corrected chi connectivity index (χ3v) is 10.4. The van der Waals surface area contributed by atoms with Gasteiger partial charge in [0.25, 0.3) is 0 Å². The number of rotatable bonds is 34. The monoisotopic (exact) mass is 794 g/mol. The second-order valence-corrected chi connectivity index (χ2v) is 15.8. The number of amides is 1. The average Bonchev–Trinajstić information content (AvgIpc) is 3.14. The van der Waals surface area contributed by atoms with Crippen LogP contribution < -0.4 is 5.32 Å². The molecule has 13 nitrogen and oxygen atoms in total. The summed E-state index contributed by atoms with van der Waals surface area (Å²) in [6, 6.07) is -1.04. The lowest BCUT2D eigenvalue weighted by Gasteiger charge is -2.41. The lowest BCUT2D eigenvalue weighted by molar-refractivity contribution is -0.298. The molecule has 0 aliphatic carbocycles. The fourth-order valence-corrected chi connectivity index (χ4v) is 7.02. The number of hydrogen-bond acceptors (Lipinski definition) is 11. The molecule has 0 saturated carbocycles. The average molecular weight is 794 g/mol. The van der Waals surface area contributed by atoms with Gasteiger partial charge in [-0.15, -0.1) is 0 Å². The molecule has 1 heterocycles. The Hall–Kier alpha value is -1.46. The van der Waals surface area contributed by atoms with Gasteiger partial charge in [-0.05, 0) is 38.5 Å². The molecule has 0 aromatic carbocycles. The number of nitrogens with one attached hydrogen (secondary N) is 1. The predicted molar refractivity (Wildman–Crippen MR) is 210 cm³/mol. The summed E-state index contributed by atoms with van der Waals surface area (Å²) in [5.74, 6) is -0.684. The van der Waals surface area contributed by atoms with Crippen molar-refractivity contribution in [2.24, 2.45) is 0 Å². The van der Waals surface area contributed by atoms with E-state index in [1.54, 1.807) is 0 Å². The molecule has 8 unspecified atom stereocenters. The van der Waals surface area contributed by atoms with Gasteiger partial charge in [-0.25, -0.2) is 4.18 Å². The summed E-state index contributed by atoms with van der Waals surface area (Å²) >= 11 is 0. The van der Waals surface area contributed by atoms with E-state index < -0.39 is 78.5 Å². The minimum atomic E-state index is -5.11. The molecule has 7 N–H and O–H groups in total. The first-order valence-corrected chi connectivity index (χ1v) is 22.2. The summed E-state index contributed by atoms with van der Waals surface area (Å²) in [4.78, 5) is 13.0. The molecule has 0 aromatic heterocycles. The molecule has 0 bridgehead atoms. The van der Waals surface area contributed by atoms with Crippen LogP contribution in [0.2, 0.25) is 0 Å². The first kappa shape index (κ1) is 50.6. The fourth-order valence-electron chi connectivity index (χ4n) is 6.51. The summed E-state index contributed by atoms with van der Waals surface area (Å²) in [7, 11) is -5.11. The van der Waals surface area contributed by atoms with Gasteiger partial charge in [0, 0.05) is 0 Å². The fraction of sp³-hybridized carbons (Fsp3) is 0.875. The normalized spacial score (nSPS) is 22.6. The van der Waals surface area contributed by atoms with Gasteiger partial charge in [-0.1, -0.05) is 147 Å². The predicted octanol–water partition coefficient (Wildman–Crippen LogP) is 5.96. The molecule has 8 atom stereocenters. The van der Waals surface area contributed by atoms with E-state index >= 15 is 0 Å². The zero-order valence-corrected chi connectivity index (χ0v) is 34.0. The van der Waals surface area contributed by atoms with E-state index in [-0.39, 0.29) is 6.42 Å². The number of aliphatic hydroxyl groups excluding tert-OH is 5. The van der Waals surface area contributed by atoms with Crippen molar-refractivity contribution >= 4 is 16.3 Å². The van der Waals surface area contributed by atoms with Gasteiger partial charge in [0.15, 0.2) is 6.29 Å². The van der Waals surface area contributed by atoms with Gasteiger partial charge in [0.1, 0.15) is 30.5 Å². The number of hydrogen-bond donors (Lipinski definition) is 7. The highest BCUT2D eigenvalue weighted by molar-refractivity contribution is 7.80. The Morgan fingerprint density at radius 2 is 1.22 bits per heavy atom. The molecule has 0 spiro atoms. The van der Waals surface area contributed by atoms with E-state index in [2.05, 4.69) is 47.7 Å². The summed E-state index contributed by atoms with van der Waals surface area (Å²) in [5.41, 5.74) is 0. The molecule has 1 amide bonds. The van der Waals surface area contributed by atoms with Crippen molar-refractivity contribution < 1.29 is 57.0 Å². The molecule has 318 valence electrons. The first-order chi connectivity index (χ1) is 25.9. The number of carbonyl (C=O) groups is 1. The molecular formula is C40H75NO12S. The van der Waals surface area contributed by atoms with Crippen molar-refractivity contribution in [1.29, 1.82) is 0 Å². The molecule has 1 saturated heterocycles. The largest absolute Gasteiger partial charge is 0.397 e. The van der Waals surface area contributed by atoms with Crippen molar-refractivity contribution in [3.63, 3.8) is 0 Å². The van der Waals surface area contributed by atoms with Gasteiger partial charge < -0.3 is 40.3 Å². The number of aliphatic hydroxyl groups is 5. The topological polar surface area (TPSA) is 212 Å². The maximum atomic E-state index is 13.0. The second-order valence-electron chi connectivity index (χ2n) is 14.7. The zero-order valence-electron chi connectivity index (χ0n) is 33.1. The Morgan fingerprint density at radius 1 is 0.741 bits per heavy atom. The summed E-state index contributed by atoms with van der Waals surface area (Å²) in [6.45, 7) is 3.19. The third kappa shape index (κ3) is 24.2. The van der Waals surface area contributed by atoms with Gasteiger partial charge in [0.2, 0.25) is 5.91 Å². The van der Waals surface area contributed by atoms with Crippen molar-refractivity contribution in [3.8, 4) is 0 Å². The van der Waals surface area contributed by atoms with Crippen molar-refractivity contribution in [2.75, 3.05) is 13.2 Å². The third-order valence-electron chi connectivity index (χ3n) is 9.90. The molecule has 14 heteroatoms. The van der Waals surface area contributed by atoms with Crippen molar-refractivity contribution in [2.45, 2.75) is 210 Å². The Bertz CT molecular complexity index is 1090. The van der Waals surface area contributed by atoms with Gasteiger partial charge in [0.05, 0.1) is 25.4 Å². The van der Waals surface area contributed by atoms with Crippen molar-refractivity contribution in [3.05, 3.63) is 24.3 Å². The number of unbranched alkanes of at least 4 members (excludes halogenated alkanes) is 18. The minimum Gasteiger partial charge on any atom is -0.394 e. The number of allylic oxidation sites excluding steroid dienone is 4. The molecule has 1 aliphatic rings. The quantitative estimate of drug-likeness (QED) is 0.0229. The Labute approximate surface area is 325 Å². The maximum Gasteiger partial charge on any atom is 0.397 e. The Morgan fingerprint density at radius 3 is 1.76 bits per heavy atom. The highest BCUT2D eigenvalue weighted by Crippen LogP contribution is 2.26. The van der Waals surface area contributed by atoms with Crippen LogP contribution in [-0.2, 0) is 28.9 Å². The van der Waals surface area contributed by atoms with E-state index in [0.29, 0.717) is 19.3 Å². The van der Waals surface area contributed by atoms with E-state index in [1.165, 1.54) is 64.2 Å². The van der Waals surface area contributed by atoms with Crippen molar-refractivity contribution in [1.82, 2.24) is 5.32 Å². The molecule has 1 fully saturated rings. The summed E-state index contributed by atoms with van der Waals surface area (Å²) < 4.78 is 47.4. The molecule has 1 aliphatic heterocycles. The van der Waals surface area contributed by atoms with Crippen LogP contribution in [0.15, 0.2) is 24.3 Å². The van der Waals surface area contributed by atoms with Crippen LogP contribution in [0.4, 0.5) is 0 Å². The van der Waals surface area contributed by atoms with Gasteiger partial charge in [-0.2, -0.15) is 8.42 Å². The summed E-state index contributed by atoms with van der Waals surface area (Å²) in [6.07, 6.45) is 20.9. The summed E-state index contributed by atoms with van der Waals surface area (Å²) in [5, 5.41) is 55.1. The second kappa shape index (κ2) is 31.6. The first-order valence-electron chi connectivity index (χ1n) is 20.8. The van der Waals surface area contributed by atoms with Crippen LogP contribution in [0.3, 0.4) is 0 Å². The Kier molecular flexibility index (Phi) is 29.6. The van der Waals surface area contributed by atoms with Crippen LogP contribution in [0, 0.1) is 0 Å². The number of ether oxygens (including phenoxy) is 2. The van der Waals surface area contributed by atoms with E-state index in [4.69, 9.17) is 14.0 Å². The van der Waals surface area contributed by atoms with Gasteiger partial charge >= 0.3 is 10.4 Å². The molecule has 0 aromatic rings. The van der Waals surface area contributed by atoms with Crippen LogP contribution in [-0.4, -0.2) is 107 Å². The van der Waals surface area contributed by atoms with Gasteiger partial charge in [-0.3, -0.25) is 9.35 Å². The standard InChI is InChI=1S/C40H75NO12S/c1-3-5-7-9-11-13-15-16-17-19-21-23-25-27-29-34(44)39(47)41-32(33(43)28-26-24-22-20-18-14-12-10-8-6-4-2)31-51-40-37(46)38(53-54(48,49)50)36(45)35(30-42)52-40/h11,13,15-16,32-38,40,42-46H,3-10,12,14,17-31H2,1-2H3,(H,41,47)(H,48,49,50)/b13-11-,16-15-. The molecular weight excluding hydrogens is 719 g/mol. The molecule has 0 radical (unpaired) electrons. The molecule has 1 rings (SSSR count). The van der Waals surface area contributed by atoms with Crippen LogP contribution in [0.1, 0.15) is 162 Å². The van der Waals surface area contributed by atoms with E-state index in [0.717, 1.165) is 57.8 Å². The SMILES string of the molecule is CCCCC/C=C\C=C/CCCCCCCC(O)C(=O)NC(COC1OC(CO)C(O)C(OS(=O)(=O)O)C1O)C(O)CCCCCCCCCCCCC. The maximum absolute atomic E-state index is 13.0. The zero-order chi connectivity index (χ0) is 40.0. The van der Waals surface area contributed by atoms with E-state index in [9.17, 15) is 38.7 Å². The van der Waals surface area contributed by atoms with Crippen LogP contribution in [0.5, 0.6) is 0 Å². The van der Waals surface area contributed by atoms with Crippen LogP contribution in [0.25, 0.3) is 0 Å². The minimum absolute atomic E-state index is 0.242. The lowest BCUT2D eigenvalue weighted by Crippen LogP contribution is -2.61. The smallest absolute Gasteiger partial charge is 0.394 e. The lowest BCUT2D eigenvalue weighted by atomic mass is 9.99. The highest BCUT2D eigenvalue weighted by atomic mass is 32.3. The van der Waals surface area contributed by atoms with Crippen LogP contribution >= 0.6 is 0 Å². The molecule has 54 heavy (non-hydrogen) atoms. The Balaban J connectivity index is 2.64. The van der Waals surface area contributed by atoms with E-state index in [1.807, 2.05) is 0 Å².